The van der Waals surface area contributed by atoms with Crippen LogP contribution in [-0.4, -0.2) is 35.9 Å². The zero-order valence-electron chi connectivity index (χ0n) is 17.5. The van der Waals surface area contributed by atoms with E-state index in [9.17, 15) is 10.2 Å². The van der Waals surface area contributed by atoms with Gasteiger partial charge in [0.2, 0.25) is 0 Å². The molecule has 31 heavy (non-hydrogen) atoms. The number of aromatic hydroxyl groups is 2. The predicted octanol–water partition coefficient (Wildman–Crippen LogP) is 5.20. The highest BCUT2D eigenvalue weighted by Crippen LogP contribution is 2.53. The van der Waals surface area contributed by atoms with Crippen LogP contribution in [0.4, 0.5) is 0 Å². The van der Waals surface area contributed by atoms with Crippen LogP contribution in [0.2, 0.25) is 0 Å². The fourth-order valence-electron chi connectivity index (χ4n) is 4.96. The molecule has 3 aromatic rings. The van der Waals surface area contributed by atoms with Crippen LogP contribution in [0.1, 0.15) is 28.3 Å². The molecule has 160 valence electrons. The topological polar surface area (TPSA) is 62.2 Å². The molecule has 0 spiro atoms. The monoisotopic (exact) mass is 481 g/mol. The molecule has 0 saturated heterocycles. The molecule has 5 rings (SSSR count). The first-order valence-electron chi connectivity index (χ1n) is 10.3. The number of phenols is 2. The van der Waals surface area contributed by atoms with Crippen molar-refractivity contribution in [3.05, 3.63) is 69.2 Å². The maximum absolute atomic E-state index is 11.1. The summed E-state index contributed by atoms with van der Waals surface area (Å²) in [4.78, 5) is 2.46. The summed E-state index contributed by atoms with van der Waals surface area (Å²) >= 11 is 3.51. The minimum atomic E-state index is 0.111. The third kappa shape index (κ3) is 3.34. The molecule has 0 aromatic heterocycles. The van der Waals surface area contributed by atoms with Gasteiger partial charge in [0.05, 0.1) is 14.2 Å². The van der Waals surface area contributed by atoms with E-state index in [1.165, 1.54) is 18.2 Å². The lowest BCUT2D eigenvalue weighted by atomic mass is 9.76. The number of rotatable bonds is 4. The zero-order valence-corrected chi connectivity index (χ0v) is 19.1. The highest BCUT2D eigenvalue weighted by atomic mass is 79.9. The van der Waals surface area contributed by atoms with Crippen molar-refractivity contribution in [3.63, 3.8) is 0 Å². The maximum atomic E-state index is 11.1. The number of nitrogens with zero attached hydrogens (tertiary/aromatic N) is 1. The summed E-state index contributed by atoms with van der Waals surface area (Å²) in [7, 11) is 3.11. The molecule has 0 fully saturated rings. The van der Waals surface area contributed by atoms with E-state index < -0.39 is 0 Å². The lowest BCUT2D eigenvalue weighted by Crippen LogP contribution is -2.38. The normalized spacial score (nSPS) is 17.1. The standard InChI is InChI=1S/C25H24BrNO4/c1-30-21-12-18-16(10-20(21)28)9-19-23-15(11-22(31-2)25(29)24(18)23)7-8-27(19)13-14-3-5-17(26)6-4-14/h3-6,10-12,19,28-29H,7-9,13H2,1-2H3. The van der Waals surface area contributed by atoms with E-state index in [0.29, 0.717) is 11.5 Å². The number of methoxy groups -OCH3 is 2. The van der Waals surface area contributed by atoms with Gasteiger partial charge < -0.3 is 19.7 Å². The molecule has 1 heterocycles. The minimum Gasteiger partial charge on any atom is -0.504 e. The Labute approximate surface area is 190 Å². The lowest BCUT2D eigenvalue weighted by molar-refractivity contribution is 0.173. The van der Waals surface area contributed by atoms with E-state index in [1.54, 1.807) is 13.2 Å². The van der Waals surface area contributed by atoms with Gasteiger partial charge in [-0.25, -0.2) is 0 Å². The molecule has 1 aliphatic heterocycles. The molecule has 0 bridgehead atoms. The predicted molar refractivity (Wildman–Crippen MR) is 123 cm³/mol. The Balaban J connectivity index is 1.66. The van der Waals surface area contributed by atoms with E-state index in [4.69, 9.17) is 9.47 Å². The fourth-order valence-corrected chi connectivity index (χ4v) is 5.23. The average Bonchev–Trinajstić information content (AvgIpc) is 2.77. The summed E-state index contributed by atoms with van der Waals surface area (Å²) in [5, 5.41) is 21.5. The zero-order chi connectivity index (χ0) is 21.7. The molecule has 0 amide bonds. The van der Waals surface area contributed by atoms with Gasteiger partial charge in [0.25, 0.3) is 0 Å². The number of hydrogen-bond donors (Lipinski definition) is 2. The number of fused-ring (bicyclic) bond motifs is 2. The van der Waals surface area contributed by atoms with Crippen molar-refractivity contribution in [2.45, 2.75) is 25.4 Å². The molecule has 5 nitrogen and oxygen atoms in total. The van der Waals surface area contributed by atoms with Gasteiger partial charge in [-0.2, -0.15) is 0 Å². The Kier molecular flexibility index (Phi) is 5.07. The van der Waals surface area contributed by atoms with E-state index in [-0.39, 0.29) is 17.5 Å². The third-order valence-corrected chi connectivity index (χ3v) is 6.97. The van der Waals surface area contributed by atoms with Crippen LogP contribution in [0.5, 0.6) is 23.0 Å². The summed E-state index contributed by atoms with van der Waals surface area (Å²) in [6.45, 7) is 1.74. The molecular weight excluding hydrogens is 458 g/mol. The SMILES string of the molecule is COc1cc2c(cc1O)CC1c3c(cc(OC)c(O)c3-2)CCN1Cc1ccc(Br)cc1. The molecule has 1 aliphatic carbocycles. The van der Waals surface area contributed by atoms with Crippen molar-refractivity contribution in [1.82, 2.24) is 4.90 Å². The Morgan fingerprint density at radius 2 is 1.74 bits per heavy atom. The Hall–Kier alpha value is -2.70. The smallest absolute Gasteiger partial charge is 0.166 e. The first kappa shape index (κ1) is 20.2. The summed E-state index contributed by atoms with van der Waals surface area (Å²) in [5.41, 5.74) is 6.28. The maximum Gasteiger partial charge on any atom is 0.166 e. The number of halogens is 1. The van der Waals surface area contributed by atoms with E-state index >= 15 is 0 Å². The second kappa shape index (κ2) is 7.77. The Morgan fingerprint density at radius 3 is 2.45 bits per heavy atom. The summed E-state index contributed by atoms with van der Waals surface area (Å²) in [6, 6.07) is 14.1. The lowest BCUT2D eigenvalue weighted by Gasteiger charge is -2.42. The number of benzene rings is 3. The van der Waals surface area contributed by atoms with E-state index in [1.807, 2.05) is 12.1 Å². The van der Waals surface area contributed by atoms with Gasteiger partial charge in [-0.15, -0.1) is 0 Å². The van der Waals surface area contributed by atoms with Crippen LogP contribution in [-0.2, 0) is 19.4 Å². The second-order valence-corrected chi connectivity index (χ2v) is 9.04. The molecule has 3 aromatic carbocycles. The Morgan fingerprint density at radius 1 is 1.00 bits per heavy atom. The molecule has 2 aliphatic rings. The molecule has 1 unspecified atom stereocenters. The number of ether oxygens (including phenoxy) is 2. The van der Waals surface area contributed by atoms with Gasteiger partial charge in [-0.05, 0) is 71.0 Å². The van der Waals surface area contributed by atoms with Crippen LogP contribution in [0.25, 0.3) is 11.1 Å². The van der Waals surface area contributed by atoms with E-state index in [2.05, 4.69) is 45.1 Å². The molecular formula is C25H24BrNO4. The summed E-state index contributed by atoms with van der Waals surface area (Å²) in [5.74, 6) is 1.14. The molecule has 0 saturated carbocycles. The van der Waals surface area contributed by atoms with Gasteiger partial charge >= 0.3 is 0 Å². The second-order valence-electron chi connectivity index (χ2n) is 8.12. The van der Waals surface area contributed by atoms with Crippen LogP contribution in [0.15, 0.2) is 46.9 Å². The number of hydrogen-bond acceptors (Lipinski definition) is 5. The first-order chi connectivity index (χ1) is 15.0. The van der Waals surface area contributed by atoms with Crippen LogP contribution >= 0.6 is 15.9 Å². The quantitative estimate of drug-likeness (QED) is 0.536. The molecule has 6 heteroatoms. The van der Waals surface area contributed by atoms with Crippen LogP contribution in [0.3, 0.4) is 0 Å². The van der Waals surface area contributed by atoms with Crippen molar-refractivity contribution < 1.29 is 19.7 Å². The van der Waals surface area contributed by atoms with Gasteiger partial charge in [0, 0.05) is 29.2 Å². The average molecular weight is 482 g/mol. The van der Waals surface area contributed by atoms with Crippen LogP contribution < -0.4 is 9.47 Å². The van der Waals surface area contributed by atoms with E-state index in [0.717, 1.165) is 52.7 Å². The van der Waals surface area contributed by atoms with Gasteiger partial charge in [0.1, 0.15) is 0 Å². The van der Waals surface area contributed by atoms with Crippen molar-refractivity contribution in [1.29, 1.82) is 0 Å². The van der Waals surface area contributed by atoms with Crippen LogP contribution in [0, 0.1) is 0 Å². The first-order valence-corrected chi connectivity index (χ1v) is 11.1. The van der Waals surface area contributed by atoms with Gasteiger partial charge in [-0.3, -0.25) is 4.90 Å². The molecule has 2 N–H and O–H groups in total. The highest BCUT2D eigenvalue weighted by Gasteiger charge is 2.37. The third-order valence-electron chi connectivity index (χ3n) is 6.44. The van der Waals surface area contributed by atoms with Crippen molar-refractivity contribution in [2.75, 3.05) is 20.8 Å². The Bertz CT molecular complexity index is 1160. The number of phenolic OH excluding ortho intramolecular Hbond substituents is 2. The largest absolute Gasteiger partial charge is 0.504 e. The van der Waals surface area contributed by atoms with Gasteiger partial charge in [0.15, 0.2) is 23.0 Å². The summed E-state index contributed by atoms with van der Waals surface area (Å²) in [6.07, 6.45) is 1.64. The van der Waals surface area contributed by atoms with Crippen molar-refractivity contribution in [2.24, 2.45) is 0 Å². The molecule has 1 atom stereocenters. The van der Waals surface area contributed by atoms with Crippen molar-refractivity contribution >= 4 is 15.9 Å². The molecule has 0 radical (unpaired) electrons. The van der Waals surface area contributed by atoms with Gasteiger partial charge in [-0.1, -0.05) is 28.1 Å². The summed E-state index contributed by atoms with van der Waals surface area (Å²) < 4.78 is 11.9. The highest BCUT2D eigenvalue weighted by molar-refractivity contribution is 9.10. The van der Waals surface area contributed by atoms with Crippen molar-refractivity contribution in [3.8, 4) is 34.1 Å². The fraction of sp³-hybridized carbons (Fsp3) is 0.280. The minimum absolute atomic E-state index is 0.111.